The van der Waals surface area contributed by atoms with Crippen molar-refractivity contribution < 1.29 is 5.11 Å². The fourth-order valence-corrected chi connectivity index (χ4v) is 2.17. The first-order valence-corrected chi connectivity index (χ1v) is 7.86. The summed E-state index contributed by atoms with van der Waals surface area (Å²) in [5.41, 5.74) is -0.642. The summed E-state index contributed by atoms with van der Waals surface area (Å²) in [4.78, 5) is 4.54. The Bertz CT molecular complexity index is 236. The molecule has 19 heavy (non-hydrogen) atoms. The van der Waals surface area contributed by atoms with Crippen molar-refractivity contribution in [2.24, 2.45) is 4.99 Å². The summed E-state index contributed by atoms with van der Waals surface area (Å²) in [6.07, 6.45) is 5.93. The molecule has 0 fully saturated rings. The molecule has 3 N–H and O–H groups in total. The van der Waals surface area contributed by atoms with Gasteiger partial charge in [-0.25, -0.2) is 0 Å². The van der Waals surface area contributed by atoms with Crippen LogP contribution in [0, 0.1) is 0 Å². The summed E-state index contributed by atoms with van der Waals surface area (Å²) in [5, 5.41) is 17.1. The lowest BCUT2D eigenvalue weighted by Crippen LogP contribution is -2.40. The average Bonchev–Trinajstić information content (AvgIpc) is 2.37. The number of aliphatic hydroxyl groups is 1. The molecule has 0 aromatic heterocycles. The molecule has 0 rings (SSSR count). The van der Waals surface area contributed by atoms with E-state index in [1.165, 1.54) is 6.42 Å². The Kier molecular flexibility index (Phi) is 10.6. The molecule has 0 spiro atoms. The van der Waals surface area contributed by atoms with E-state index in [4.69, 9.17) is 0 Å². The zero-order valence-corrected chi connectivity index (χ0v) is 13.3. The molecule has 0 amide bonds. The van der Waals surface area contributed by atoms with Gasteiger partial charge < -0.3 is 15.7 Å². The Morgan fingerprint density at radius 2 is 1.63 bits per heavy atom. The standard InChI is InChI=1S/C15H33N3O/c1-5-9-12-17-14(16-8-4)18-13-15(19,10-6-2)11-7-3/h19H,5-13H2,1-4H3,(H2,16,17,18). The van der Waals surface area contributed by atoms with Crippen molar-refractivity contribution in [2.45, 2.75) is 71.8 Å². The molecular formula is C15H33N3O. The highest BCUT2D eigenvalue weighted by Gasteiger charge is 2.24. The molecule has 0 aliphatic heterocycles. The molecule has 4 nitrogen and oxygen atoms in total. The minimum atomic E-state index is -0.642. The summed E-state index contributed by atoms with van der Waals surface area (Å²) in [6.45, 7) is 10.7. The van der Waals surface area contributed by atoms with E-state index in [-0.39, 0.29) is 0 Å². The zero-order valence-electron chi connectivity index (χ0n) is 13.3. The van der Waals surface area contributed by atoms with E-state index >= 15 is 0 Å². The molecule has 0 aliphatic carbocycles. The number of nitrogens with one attached hydrogen (secondary N) is 2. The summed E-state index contributed by atoms with van der Waals surface area (Å²) in [6, 6.07) is 0. The third kappa shape index (κ3) is 8.87. The molecule has 4 heteroatoms. The van der Waals surface area contributed by atoms with E-state index in [0.29, 0.717) is 6.54 Å². The molecule has 0 radical (unpaired) electrons. The maximum atomic E-state index is 10.5. The van der Waals surface area contributed by atoms with Crippen LogP contribution in [0.3, 0.4) is 0 Å². The molecule has 0 aliphatic rings. The number of guanidine groups is 1. The predicted octanol–water partition coefficient (Wildman–Crippen LogP) is 2.67. The molecule has 0 bridgehead atoms. The molecule has 0 saturated carbocycles. The Morgan fingerprint density at radius 3 is 2.11 bits per heavy atom. The molecular weight excluding hydrogens is 238 g/mol. The predicted molar refractivity (Wildman–Crippen MR) is 83.7 cm³/mol. The first-order valence-electron chi connectivity index (χ1n) is 7.86. The lowest BCUT2D eigenvalue weighted by molar-refractivity contribution is 0.0306. The van der Waals surface area contributed by atoms with Gasteiger partial charge in [-0.3, -0.25) is 4.99 Å². The lowest BCUT2D eigenvalue weighted by Gasteiger charge is -2.26. The second-order valence-electron chi connectivity index (χ2n) is 5.20. The monoisotopic (exact) mass is 271 g/mol. The quantitative estimate of drug-likeness (QED) is 0.325. The Morgan fingerprint density at radius 1 is 1.00 bits per heavy atom. The number of unbranched alkanes of at least 4 members (excludes halogenated alkanes) is 1. The fourth-order valence-electron chi connectivity index (χ4n) is 2.17. The number of aliphatic imine (C=N–C) groups is 1. The number of hydrogen-bond acceptors (Lipinski definition) is 2. The van der Waals surface area contributed by atoms with Gasteiger partial charge in [0.1, 0.15) is 0 Å². The van der Waals surface area contributed by atoms with Crippen LogP contribution in [0.1, 0.15) is 66.2 Å². The van der Waals surface area contributed by atoms with E-state index in [2.05, 4.69) is 43.3 Å². The largest absolute Gasteiger partial charge is 0.388 e. The summed E-state index contributed by atoms with van der Waals surface area (Å²) in [7, 11) is 0. The first-order chi connectivity index (χ1) is 9.11. The highest BCUT2D eigenvalue weighted by atomic mass is 16.3. The molecule has 114 valence electrons. The van der Waals surface area contributed by atoms with Crippen molar-refractivity contribution in [1.29, 1.82) is 0 Å². The van der Waals surface area contributed by atoms with Crippen molar-refractivity contribution in [3.8, 4) is 0 Å². The van der Waals surface area contributed by atoms with Gasteiger partial charge in [-0.05, 0) is 26.2 Å². The van der Waals surface area contributed by atoms with E-state index in [1.54, 1.807) is 0 Å². The molecule has 0 heterocycles. The average molecular weight is 271 g/mol. The van der Waals surface area contributed by atoms with Crippen molar-refractivity contribution >= 4 is 5.96 Å². The van der Waals surface area contributed by atoms with Crippen molar-refractivity contribution in [3.63, 3.8) is 0 Å². The summed E-state index contributed by atoms with van der Waals surface area (Å²) in [5.74, 6) is 0.821. The maximum absolute atomic E-state index is 10.5. The van der Waals surface area contributed by atoms with Crippen LogP contribution in [0.4, 0.5) is 0 Å². The normalized spacial score (nSPS) is 12.6. The van der Waals surface area contributed by atoms with E-state index in [9.17, 15) is 5.11 Å². The Hall–Kier alpha value is -0.770. The van der Waals surface area contributed by atoms with E-state index in [0.717, 1.165) is 51.2 Å². The highest BCUT2D eigenvalue weighted by molar-refractivity contribution is 5.79. The first kappa shape index (κ1) is 18.2. The molecule has 0 atom stereocenters. The van der Waals surface area contributed by atoms with Crippen molar-refractivity contribution in [2.75, 3.05) is 19.6 Å². The van der Waals surface area contributed by atoms with Crippen LogP contribution in [-0.2, 0) is 0 Å². The van der Waals surface area contributed by atoms with Gasteiger partial charge in [0.15, 0.2) is 5.96 Å². The smallest absolute Gasteiger partial charge is 0.191 e. The third-order valence-electron chi connectivity index (χ3n) is 3.13. The number of nitrogens with zero attached hydrogens (tertiary/aromatic N) is 1. The van der Waals surface area contributed by atoms with Crippen LogP contribution in [0.5, 0.6) is 0 Å². The van der Waals surface area contributed by atoms with Crippen LogP contribution >= 0.6 is 0 Å². The second kappa shape index (κ2) is 11.1. The van der Waals surface area contributed by atoms with Crippen LogP contribution in [0.15, 0.2) is 4.99 Å². The van der Waals surface area contributed by atoms with Gasteiger partial charge in [-0.15, -0.1) is 0 Å². The SMILES string of the molecule is CCCCNC(=NCC(O)(CCC)CCC)NCC. The number of hydrogen-bond donors (Lipinski definition) is 3. The van der Waals surface area contributed by atoms with Gasteiger partial charge in [0, 0.05) is 13.1 Å². The van der Waals surface area contributed by atoms with Crippen LogP contribution in [0.25, 0.3) is 0 Å². The molecule has 0 aromatic rings. The van der Waals surface area contributed by atoms with Gasteiger partial charge in [-0.1, -0.05) is 40.0 Å². The Balaban J connectivity index is 4.44. The van der Waals surface area contributed by atoms with Crippen LogP contribution < -0.4 is 10.6 Å². The summed E-state index contributed by atoms with van der Waals surface area (Å²) < 4.78 is 0. The second-order valence-corrected chi connectivity index (χ2v) is 5.20. The van der Waals surface area contributed by atoms with Crippen molar-refractivity contribution in [3.05, 3.63) is 0 Å². The van der Waals surface area contributed by atoms with Gasteiger partial charge in [-0.2, -0.15) is 0 Å². The van der Waals surface area contributed by atoms with Gasteiger partial charge in [0.2, 0.25) is 0 Å². The third-order valence-corrected chi connectivity index (χ3v) is 3.13. The topological polar surface area (TPSA) is 56.7 Å². The van der Waals surface area contributed by atoms with Crippen LogP contribution in [0.2, 0.25) is 0 Å². The highest BCUT2D eigenvalue weighted by Crippen LogP contribution is 2.19. The Labute approximate surface area is 119 Å². The van der Waals surface area contributed by atoms with Gasteiger partial charge in [0.05, 0.1) is 12.1 Å². The van der Waals surface area contributed by atoms with Crippen molar-refractivity contribution in [1.82, 2.24) is 10.6 Å². The lowest BCUT2D eigenvalue weighted by atomic mass is 9.93. The molecule has 0 saturated heterocycles. The summed E-state index contributed by atoms with van der Waals surface area (Å²) >= 11 is 0. The van der Waals surface area contributed by atoms with Crippen LogP contribution in [-0.4, -0.2) is 36.3 Å². The fraction of sp³-hybridized carbons (Fsp3) is 0.933. The maximum Gasteiger partial charge on any atom is 0.191 e. The minimum absolute atomic E-state index is 0.482. The van der Waals surface area contributed by atoms with Gasteiger partial charge in [0.25, 0.3) is 0 Å². The molecule has 0 aromatic carbocycles. The van der Waals surface area contributed by atoms with Gasteiger partial charge >= 0.3 is 0 Å². The zero-order chi connectivity index (χ0) is 14.6. The van der Waals surface area contributed by atoms with E-state index < -0.39 is 5.60 Å². The minimum Gasteiger partial charge on any atom is -0.388 e. The molecule has 0 unspecified atom stereocenters. The van der Waals surface area contributed by atoms with E-state index in [1.807, 2.05) is 0 Å². The number of rotatable bonds is 10.